The van der Waals surface area contributed by atoms with E-state index in [1.54, 1.807) is 0 Å². The van der Waals surface area contributed by atoms with Gasteiger partial charge in [-0.3, -0.25) is 4.79 Å². The van der Waals surface area contributed by atoms with Crippen LogP contribution in [0.3, 0.4) is 0 Å². The smallest absolute Gasteiger partial charge is 0.235 e. The number of amides is 1. The van der Waals surface area contributed by atoms with E-state index in [0.29, 0.717) is 0 Å². The van der Waals surface area contributed by atoms with E-state index in [1.165, 1.54) is 6.92 Å². The highest BCUT2D eigenvalue weighted by molar-refractivity contribution is 7.92. The summed E-state index contributed by atoms with van der Waals surface area (Å²) in [6.45, 7) is 1.26. The van der Waals surface area contributed by atoms with Crippen molar-refractivity contribution >= 4 is 15.7 Å². The molecule has 0 aliphatic carbocycles. The van der Waals surface area contributed by atoms with Gasteiger partial charge in [-0.2, -0.15) is 0 Å². The SMILES string of the molecule is CC(C(N)=O)S(C)(=O)=O. The van der Waals surface area contributed by atoms with Crippen LogP contribution in [0.4, 0.5) is 0 Å². The highest BCUT2D eigenvalue weighted by Crippen LogP contribution is 1.94. The molecular weight excluding hydrogens is 142 g/mol. The summed E-state index contributed by atoms with van der Waals surface area (Å²) in [6, 6.07) is 0. The van der Waals surface area contributed by atoms with Crippen molar-refractivity contribution in [2.75, 3.05) is 6.26 Å². The van der Waals surface area contributed by atoms with Crippen molar-refractivity contribution in [2.24, 2.45) is 5.73 Å². The van der Waals surface area contributed by atoms with E-state index in [2.05, 4.69) is 0 Å². The van der Waals surface area contributed by atoms with Gasteiger partial charge in [0, 0.05) is 6.26 Å². The minimum absolute atomic E-state index is 0.808. The molecule has 1 amide bonds. The average molecular weight is 151 g/mol. The van der Waals surface area contributed by atoms with Gasteiger partial charge in [-0.15, -0.1) is 0 Å². The van der Waals surface area contributed by atoms with Crippen molar-refractivity contribution in [2.45, 2.75) is 12.2 Å². The summed E-state index contributed by atoms with van der Waals surface area (Å²) in [5.74, 6) is -0.808. The third kappa shape index (κ3) is 2.46. The molecule has 5 heteroatoms. The van der Waals surface area contributed by atoms with Gasteiger partial charge in [-0.05, 0) is 6.92 Å². The molecule has 1 atom stereocenters. The molecular formula is C4H9NO3S. The Labute approximate surface area is 54.0 Å². The van der Waals surface area contributed by atoms with E-state index >= 15 is 0 Å². The van der Waals surface area contributed by atoms with Crippen LogP contribution in [-0.2, 0) is 14.6 Å². The Balaban J connectivity index is 4.43. The third-order valence-electron chi connectivity index (χ3n) is 1.04. The van der Waals surface area contributed by atoms with Crippen molar-refractivity contribution in [3.8, 4) is 0 Å². The van der Waals surface area contributed by atoms with Crippen molar-refractivity contribution in [3.05, 3.63) is 0 Å². The minimum atomic E-state index is -3.28. The first kappa shape index (κ1) is 8.42. The number of nitrogens with two attached hydrogens (primary N) is 1. The fourth-order valence-electron chi connectivity index (χ4n) is 0.211. The van der Waals surface area contributed by atoms with Gasteiger partial charge in [0.05, 0.1) is 0 Å². The number of rotatable bonds is 2. The molecule has 4 nitrogen and oxygen atoms in total. The van der Waals surface area contributed by atoms with E-state index in [-0.39, 0.29) is 0 Å². The van der Waals surface area contributed by atoms with Crippen LogP contribution in [0, 0.1) is 0 Å². The van der Waals surface area contributed by atoms with E-state index < -0.39 is 21.0 Å². The summed E-state index contributed by atoms with van der Waals surface area (Å²) in [4.78, 5) is 10.2. The van der Waals surface area contributed by atoms with Gasteiger partial charge in [0.15, 0.2) is 9.84 Å². The summed E-state index contributed by atoms with van der Waals surface area (Å²) in [6.07, 6.45) is 0.975. The van der Waals surface area contributed by atoms with Gasteiger partial charge in [-0.25, -0.2) is 8.42 Å². The zero-order chi connectivity index (χ0) is 7.65. The molecule has 0 saturated carbocycles. The number of carbonyl (C=O) groups is 1. The molecule has 9 heavy (non-hydrogen) atoms. The Bertz CT molecular complexity index is 206. The lowest BCUT2D eigenvalue weighted by atomic mass is 10.5. The number of hydrogen-bond donors (Lipinski definition) is 1. The molecule has 0 spiro atoms. The lowest BCUT2D eigenvalue weighted by molar-refractivity contribution is -0.117. The van der Waals surface area contributed by atoms with Crippen molar-refractivity contribution in [3.63, 3.8) is 0 Å². The Morgan fingerprint density at radius 3 is 1.89 bits per heavy atom. The van der Waals surface area contributed by atoms with Crippen LogP contribution >= 0.6 is 0 Å². The Morgan fingerprint density at radius 2 is 1.89 bits per heavy atom. The monoisotopic (exact) mass is 151 g/mol. The largest absolute Gasteiger partial charge is 0.369 e. The zero-order valence-corrected chi connectivity index (χ0v) is 6.10. The summed E-state index contributed by atoms with van der Waals surface area (Å²) < 4.78 is 20.9. The highest BCUT2D eigenvalue weighted by atomic mass is 32.2. The molecule has 0 aliphatic rings. The molecule has 0 fully saturated rings. The van der Waals surface area contributed by atoms with Gasteiger partial charge in [0.2, 0.25) is 5.91 Å². The first-order valence-electron chi connectivity index (χ1n) is 2.34. The topological polar surface area (TPSA) is 77.2 Å². The first-order chi connectivity index (χ1) is 3.85. The van der Waals surface area contributed by atoms with Crippen LogP contribution in [0.25, 0.3) is 0 Å². The molecule has 0 aromatic carbocycles. The fraction of sp³-hybridized carbons (Fsp3) is 0.750. The maximum absolute atomic E-state index is 10.5. The third-order valence-corrected chi connectivity index (χ3v) is 2.56. The molecule has 54 valence electrons. The molecule has 0 radical (unpaired) electrons. The predicted molar refractivity (Wildman–Crippen MR) is 33.5 cm³/mol. The molecule has 0 aromatic rings. The van der Waals surface area contributed by atoms with Crippen molar-refractivity contribution in [1.82, 2.24) is 0 Å². The second-order valence-electron chi connectivity index (χ2n) is 1.87. The molecule has 0 aliphatic heterocycles. The summed E-state index contributed by atoms with van der Waals surface area (Å²) in [5.41, 5.74) is 4.70. The summed E-state index contributed by atoms with van der Waals surface area (Å²) >= 11 is 0. The van der Waals surface area contributed by atoms with E-state index in [1.807, 2.05) is 0 Å². The van der Waals surface area contributed by atoms with Crippen LogP contribution in [0.2, 0.25) is 0 Å². The van der Waals surface area contributed by atoms with Crippen LogP contribution < -0.4 is 5.73 Å². The molecule has 0 saturated heterocycles. The predicted octanol–water partition coefficient (Wildman–Crippen LogP) is -1.10. The van der Waals surface area contributed by atoms with Crippen LogP contribution in [0.15, 0.2) is 0 Å². The molecule has 2 N–H and O–H groups in total. The minimum Gasteiger partial charge on any atom is -0.369 e. The average Bonchev–Trinajstić information content (AvgIpc) is 1.62. The number of sulfone groups is 1. The van der Waals surface area contributed by atoms with Crippen LogP contribution in [0.1, 0.15) is 6.92 Å². The van der Waals surface area contributed by atoms with Gasteiger partial charge in [-0.1, -0.05) is 0 Å². The second kappa shape index (κ2) is 2.34. The van der Waals surface area contributed by atoms with Gasteiger partial charge in [0.25, 0.3) is 0 Å². The quantitative estimate of drug-likeness (QED) is 0.544. The summed E-state index contributed by atoms with van der Waals surface area (Å²) in [5, 5.41) is -1.07. The number of hydrogen-bond acceptors (Lipinski definition) is 3. The van der Waals surface area contributed by atoms with Gasteiger partial charge >= 0.3 is 0 Å². The van der Waals surface area contributed by atoms with Crippen LogP contribution in [0.5, 0.6) is 0 Å². The van der Waals surface area contributed by atoms with E-state index in [0.717, 1.165) is 6.26 Å². The fourth-order valence-corrected chi connectivity index (χ4v) is 0.633. The zero-order valence-electron chi connectivity index (χ0n) is 5.29. The molecule has 0 bridgehead atoms. The maximum atomic E-state index is 10.5. The van der Waals surface area contributed by atoms with E-state index in [9.17, 15) is 13.2 Å². The molecule has 0 aromatic heterocycles. The Kier molecular flexibility index (Phi) is 2.19. The lowest BCUT2D eigenvalue weighted by Gasteiger charge is -2.01. The standard InChI is InChI=1S/C4H9NO3S/c1-3(4(5)6)9(2,7)8/h3H,1-2H3,(H2,5,6). The highest BCUT2D eigenvalue weighted by Gasteiger charge is 2.19. The summed E-state index contributed by atoms with van der Waals surface area (Å²) in [7, 11) is -3.28. The maximum Gasteiger partial charge on any atom is 0.235 e. The van der Waals surface area contributed by atoms with Gasteiger partial charge < -0.3 is 5.73 Å². The number of carbonyl (C=O) groups excluding carboxylic acids is 1. The Hall–Kier alpha value is -0.580. The van der Waals surface area contributed by atoms with Crippen molar-refractivity contribution in [1.29, 1.82) is 0 Å². The molecule has 0 heterocycles. The Morgan fingerprint density at radius 1 is 1.56 bits per heavy atom. The van der Waals surface area contributed by atoms with Crippen LogP contribution in [-0.4, -0.2) is 25.8 Å². The van der Waals surface area contributed by atoms with Crippen molar-refractivity contribution < 1.29 is 13.2 Å². The normalized spacial score (nSPS) is 14.9. The first-order valence-corrected chi connectivity index (χ1v) is 4.29. The second-order valence-corrected chi connectivity index (χ2v) is 4.24. The molecule has 0 rings (SSSR count). The number of primary amides is 1. The molecule has 1 unspecified atom stereocenters. The van der Waals surface area contributed by atoms with E-state index in [4.69, 9.17) is 5.73 Å². The van der Waals surface area contributed by atoms with Gasteiger partial charge in [0.1, 0.15) is 5.25 Å². The lowest BCUT2D eigenvalue weighted by Crippen LogP contribution is -2.32.